The molecule has 0 saturated heterocycles. The van der Waals surface area contributed by atoms with Crippen LogP contribution in [-0.4, -0.2) is 15.7 Å². The molecule has 0 bridgehead atoms. The van der Waals surface area contributed by atoms with Crippen LogP contribution in [0.25, 0.3) is 0 Å². The van der Waals surface area contributed by atoms with Crippen LogP contribution in [0.1, 0.15) is 33.9 Å². The number of carbonyl (C=O) groups excluding carboxylic acids is 1. The molecule has 0 spiro atoms. The van der Waals surface area contributed by atoms with Crippen LogP contribution in [0.4, 0.5) is 5.82 Å². The van der Waals surface area contributed by atoms with Gasteiger partial charge in [-0.15, -0.1) is 0 Å². The molecule has 1 aliphatic rings. The predicted molar refractivity (Wildman–Crippen MR) is 97.3 cm³/mol. The molecular formula is C20H18N4O3. The third kappa shape index (κ3) is 3.85. The summed E-state index contributed by atoms with van der Waals surface area (Å²) in [5.74, 6) is 1.51. The van der Waals surface area contributed by atoms with Crippen molar-refractivity contribution in [2.24, 2.45) is 0 Å². The molecule has 27 heavy (non-hydrogen) atoms. The van der Waals surface area contributed by atoms with E-state index < -0.39 is 5.91 Å². The number of ether oxygens (including phenoxy) is 1. The van der Waals surface area contributed by atoms with E-state index in [-0.39, 0.29) is 18.9 Å². The molecule has 3 aromatic rings. The highest BCUT2D eigenvalue weighted by atomic mass is 16.5. The second-order valence-corrected chi connectivity index (χ2v) is 6.35. The lowest BCUT2D eigenvalue weighted by atomic mass is 10.1. The van der Waals surface area contributed by atoms with Gasteiger partial charge in [-0.25, -0.2) is 0 Å². The molecule has 1 N–H and O–H groups in total. The normalized spacial score (nSPS) is 12.4. The summed E-state index contributed by atoms with van der Waals surface area (Å²) >= 11 is 0. The maximum absolute atomic E-state index is 12.2. The molecular weight excluding hydrogens is 344 g/mol. The molecule has 136 valence electrons. The Morgan fingerprint density at radius 3 is 3.04 bits per heavy atom. The summed E-state index contributed by atoms with van der Waals surface area (Å²) in [5.41, 5.74) is 2.75. The molecule has 1 aliphatic carbocycles. The number of carbonyl (C=O) groups is 1. The molecule has 1 amide bonds. The van der Waals surface area contributed by atoms with E-state index in [0.717, 1.165) is 18.6 Å². The van der Waals surface area contributed by atoms with Gasteiger partial charge in [0, 0.05) is 12.3 Å². The summed E-state index contributed by atoms with van der Waals surface area (Å²) in [6.07, 6.45) is 5.06. The summed E-state index contributed by atoms with van der Waals surface area (Å²) in [6.45, 7) is 0.379. The predicted octanol–water partition coefficient (Wildman–Crippen LogP) is 3.32. The first-order chi connectivity index (χ1) is 13.2. The van der Waals surface area contributed by atoms with Gasteiger partial charge in [0.15, 0.2) is 11.6 Å². The number of hydrogen-bond acceptors (Lipinski definition) is 5. The molecule has 1 aromatic carbocycles. The number of aromatic nitrogens is 2. The van der Waals surface area contributed by atoms with Gasteiger partial charge in [0.2, 0.25) is 0 Å². The lowest BCUT2D eigenvalue weighted by Gasteiger charge is -2.06. The third-order valence-corrected chi connectivity index (χ3v) is 4.45. The maximum Gasteiger partial charge on any atom is 0.292 e. The SMILES string of the molecule is N#CCn1ccc(NC(=O)c2ccc(COc3ccc4c(c3)CCC4)o2)n1. The van der Waals surface area contributed by atoms with Crippen molar-refractivity contribution in [1.82, 2.24) is 9.78 Å². The van der Waals surface area contributed by atoms with Gasteiger partial charge in [0.25, 0.3) is 5.91 Å². The van der Waals surface area contributed by atoms with Crippen molar-refractivity contribution in [3.8, 4) is 11.8 Å². The first kappa shape index (κ1) is 16.9. The van der Waals surface area contributed by atoms with Crippen molar-refractivity contribution >= 4 is 11.7 Å². The van der Waals surface area contributed by atoms with Crippen LogP contribution < -0.4 is 10.1 Å². The average molecular weight is 362 g/mol. The number of anilines is 1. The van der Waals surface area contributed by atoms with E-state index >= 15 is 0 Å². The largest absolute Gasteiger partial charge is 0.486 e. The number of furan rings is 1. The number of nitriles is 1. The summed E-state index contributed by atoms with van der Waals surface area (Å²) < 4.78 is 12.8. The number of nitrogens with zero attached hydrogens (tertiary/aromatic N) is 3. The fraction of sp³-hybridized carbons (Fsp3) is 0.250. The molecule has 0 unspecified atom stereocenters. The van der Waals surface area contributed by atoms with Gasteiger partial charge in [0.1, 0.15) is 24.7 Å². The fourth-order valence-corrected chi connectivity index (χ4v) is 3.14. The number of amides is 1. The number of nitrogens with one attached hydrogen (secondary N) is 1. The maximum atomic E-state index is 12.2. The van der Waals surface area contributed by atoms with Gasteiger partial charge >= 0.3 is 0 Å². The quantitative estimate of drug-likeness (QED) is 0.726. The van der Waals surface area contributed by atoms with Gasteiger partial charge in [-0.05, 0) is 54.7 Å². The molecule has 0 saturated carbocycles. The Bertz CT molecular complexity index is 1010. The lowest BCUT2D eigenvalue weighted by molar-refractivity contribution is 0.0992. The van der Waals surface area contributed by atoms with Crippen LogP contribution in [0, 0.1) is 11.3 Å². The van der Waals surface area contributed by atoms with Gasteiger partial charge in [-0.2, -0.15) is 10.4 Å². The minimum Gasteiger partial charge on any atom is -0.486 e. The second kappa shape index (κ2) is 7.38. The van der Waals surface area contributed by atoms with E-state index in [1.54, 1.807) is 24.4 Å². The summed E-state index contributed by atoms with van der Waals surface area (Å²) in [7, 11) is 0. The van der Waals surface area contributed by atoms with Crippen molar-refractivity contribution in [2.45, 2.75) is 32.4 Å². The number of hydrogen-bond donors (Lipinski definition) is 1. The Morgan fingerprint density at radius 2 is 2.15 bits per heavy atom. The van der Waals surface area contributed by atoms with Crippen molar-refractivity contribution < 1.29 is 13.9 Å². The molecule has 4 rings (SSSR count). The number of rotatable bonds is 6. The molecule has 0 aliphatic heterocycles. The average Bonchev–Trinajstić information content (AvgIpc) is 3.40. The summed E-state index contributed by atoms with van der Waals surface area (Å²) in [6, 6.07) is 13.1. The van der Waals surface area contributed by atoms with E-state index in [0.29, 0.717) is 11.6 Å². The number of fused-ring (bicyclic) bond motifs is 1. The molecule has 2 heterocycles. The minimum atomic E-state index is -0.402. The lowest BCUT2D eigenvalue weighted by Crippen LogP contribution is -2.11. The first-order valence-corrected chi connectivity index (χ1v) is 8.76. The minimum absolute atomic E-state index is 0.126. The van der Waals surface area contributed by atoms with Gasteiger partial charge in [0.05, 0.1) is 6.07 Å². The highest BCUT2D eigenvalue weighted by molar-refractivity contribution is 6.01. The zero-order chi connectivity index (χ0) is 18.6. The Balaban J connectivity index is 1.35. The van der Waals surface area contributed by atoms with Gasteiger partial charge in [-0.1, -0.05) is 6.07 Å². The number of aryl methyl sites for hydroxylation is 2. The zero-order valence-electron chi connectivity index (χ0n) is 14.6. The van der Waals surface area contributed by atoms with E-state index in [4.69, 9.17) is 14.4 Å². The molecule has 2 aromatic heterocycles. The summed E-state index contributed by atoms with van der Waals surface area (Å²) in [4.78, 5) is 12.2. The first-order valence-electron chi connectivity index (χ1n) is 8.76. The summed E-state index contributed by atoms with van der Waals surface area (Å²) in [5, 5.41) is 15.4. The van der Waals surface area contributed by atoms with Crippen molar-refractivity contribution in [2.75, 3.05) is 5.32 Å². The highest BCUT2D eigenvalue weighted by Gasteiger charge is 2.14. The molecule has 0 radical (unpaired) electrons. The van der Waals surface area contributed by atoms with Crippen molar-refractivity contribution in [3.63, 3.8) is 0 Å². The molecule has 0 atom stereocenters. The van der Waals surface area contributed by atoms with Crippen LogP contribution >= 0.6 is 0 Å². The Labute approximate surface area is 156 Å². The Hall–Kier alpha value is -3.53. The molecule has 7 heteroatoms. The van der Waals surface area contributed by atoms with Crippen LogP contribution in [0.15, 0.2) is 47.0 Å². The number of benzene rings is 1. The van der Waals surface area contributed by atoms with E-state index in [1.807, 2.05) is 12.1 Å². The van der Waals surface area contributed by atoms with Crippen molar-refractivity contribution in [1.29, 1.82) is 5.26 Å². The Kier molecular flexibility index (Phi) is 4.62. The molecule has 0 fully saturated rings. The Morgan fingerprint density at radius 1 is 1.26 bits per heavy atom. The standard InChI is InChI=1S/C20H18N4O3/c21-9-11-24-10-8-19(23-24)22-20(25)18-7-6-17(27-18)13-26-16-5-4-14-2-1-3-15(14)12-16/h4-8,10,12H,1-3,11,13H2,(H,22,23,25). The van der Waals surface area contributed by atoms with Gasteiger partial charge < -0.3 is 14.5 Å². The third-order valence-electron chi connectivity index (χ3n) is 4.45. The van der Waals surface area contributed by atoms with Crippen LogP contribution in [0.3, 0.4) is 0 Å². The van der Waals surface area contributed by atoms with Crippen molar-refractivity contribution in [3.05, 3.63) is 65.2 Å². The highest BCUT2D eigenvalue weighted by Crippen LogP contribution is 2.26. The smallest absolute Gasteiger partial charge is 0.292 e. The van der Waals surface area contributed by atoms with E-state index in [9.17, 15) is 4.79 Å². The zero-order valence-corrected chi connectivity index (χ0v) is 14.6. The van der Waals surface area contributed by atoms with Crippen LogP contribution in [0.2, 0.25) is 0 Å². The fourth-order valence-electron chi connectivity index (χ4n) is 3.14. The monoisotopic (exact) mass is 362 g/mol. The van der Waals surface area contributed by atoms with E-state index in [2.05, 4.69) is 22.5 Å². The van der Waals surface area contributed by atoms with E-state index in [1.165, 1.54) is 22.2 Å². The van der Waals surface area contributed by atoms with Crippen LogP contribution in [0.5, 0.6) is 5.75 Å². The molecule has 7 nitrogen and oxygen atoms in total. The second-order valence-electron chi connectivity index (χ2n) is 6.35. The van der Waals surface area contributed by atoms with Crippen LogP contribution in [-0.2, 0) is 26.0 Å². The topological polar surface area (TPSA) is 93.1 Å². The van der Waals surface area contributed by atoms with Gasteiger partial charge in [-0.3, -0.25) is 9.48 Å².